The van der Waals surface area contributed by atoms with Crippen LogP contribution in [0.25, 0.3) is 0 Å². The Bertz CT molecular complexity index is 61.1. The van der Waals surface area contributed by atoms with Gasteiger partial charge in [-0.2, -0.15) is 0 Å². The summed E-state index contributed by atoms with van der Waals surface area (Å²) in [4.78, 5) is 0. The minimum Gasteiger partial charge on any atom is -0.396 e. The number of ether oxygens (including phenoxy) is 1. The molecule has 0 atom stereocenters. The summed E-state index contributed by atoms with van der Waals surface area (Å²) in [6.07, 6.45) is 1.91. The fourth-order valence-electron chi connectivity index (χ4n) is 0.715. The minimum atomic E-state index is 0.225. The van der Waals surface area contributed by atoms with Crippen LogP contribution in [0.15, 0.2) is 0 Å². The van der Waals surface area contributed by atoms with Crippen molar-refractivity contribution in [2.45, 2.75) is 19.8 Å². The molecule has 0 bridgehead atoms. The molecule has 0 aliphatic rings. The Morgan fingerprint density at radius 3 is 2.73 bits per heavy atom. The Kier molecular flexibility index (Phi) is 9.77. The van der Waals surface area contributed by atoms with Crippen molar-refractivity contribution in [3.05, 3.63) is 0 Å². The Morgan fingerprint density at radius 1 is 1.27 bits per heavy atom. The smallest absolute Gasteiger partial charge is 0.0590 e. The van der Waals surface area contributed by atoms with Crippen molar-refractivity contribution in [1.82, 2.24) is 5.32 Å². The highest BCUT2D eigenvalue weighted by Crippen LogP contribution is 1.79. The molecule has 3 heteroatoms. The highest BCUT2D eigenvalue weighted by Gasteiger charge is 1.86. The molecule has 0 unspecified atom stereocenters. The molecule has 68 valence electrons. The topological polar surface area (TPSA) is 41.5 Å². The number of aliphatic hydroxyl groups is 1. The predicted molar refractivity (Wildman–Crippen MR) is 45.7 cm³/mol. The van der Waals surface area contributed by atoms with Crippen LogP contribution in [-0.2, 0) is 4.74 Å². The third kappa shape index (κ3) is 9.88. The van der Waals surface area contributed by atoms with Gasteiger partial charge in [0.15, 0.2) is 0 Å². The average Bonchev–Trinajstić information content (AvgIpc) is 2.03. The van der Waals surface area contributed by atoms with Crippen molar-refractivity contribution in [2.75, 3.05) is 32.9 Å². The summed E-state index contributed by atoms with van der Waals surface area (Å²) in [7, 11) is 0. The summed E-state index contributed by atoms with van der Waals surface area (Å²) in [6, 6.07) is 0. The van der Waals surface area contributed by atoms with Gasteiger partial charge in [-0.1, -0.05) is 6.92 Å². The van der Waals surface area contributed by atoms with E-state index in [1.807, 2.05) is 0 Å². The van der Waals surface area contributed by atoms with E-state index in [1.54, 1.807) is 0 Å². The molecule has 0 amide bonds. The Morgan fingerprint density at radius 2 is 2.09 bits per heavy atom. The van der Waals surface area contributed by atoms with Crippen LogP contribution in [0.3, 0.4) is 0 Å². The molecule has 0 aliphatic heterocycles. The van der Waals surface area contributed by atoms with Gasteiger partial charge < -0.3 is 15.2 Å². The second-order valence-corrected chi connectivity index (χ2v) is 2.44. The predicted octanol–water partition coefficient (Wildman–Crippen LogP) is 0.385. The van der Waals surface area contributed by atoms with Crippen LogP contribution in [-0.4, -0.2) is 38.0 Å². The second kappa shape index (κ2) is 9.88. The Labute approximate surface area is 68.8 Å². The average molecular weight is 161 g/mol. The van der Waals surface area contributed by atoms with Gasteiger partial charge in [0.25, 0.3) is 0 Å². The minimum absolute atomic E-state index is 0.225. The number of hydrogen-bond donors (Lipinski definition) is 2. The summed E-state index contributed by atoms with van der Waals surface area (Å²) in [5, 5.41) is 11.6. The van der Waals surface area contributed by atoms with Crippen LogP contribution in [0.1, 0.15) is 19.8 Å². The molecule has 2 N–H and O–H groups in total. The Balaban J connectivity index is 2.69. The summed E-state index contributed by atoms with van der Waals surface area (Å²) >= 11 is 0. The highest BCUT2D eigenvalue weighted by atomic mass is 16.5. The summed E-state index contributed by atoms with van der Waals surface area (Å²) < 4.78 is 5.20. The lowest BCUT2D eigenvalue weighted by atomic mass is 10.5. The third-order valence-corrected chi connectivity index (χ3v) is 1.30. The Hall–Kier alpha value is -0.120. The van der Waals surface area contributed by atoms with E-state index in [0.29, 0.717) is 6.61 Å². The summed E-state index contributed by atoms with van der Waals surface area (Å²) in [5.41, 5.74) is 0. The van der Waals surface area contributed by atoms with E-state index in [-0.39, 0.29) is 6.61 Å². The quantitative estimate of drug-likeness (QED) is 0.506. The van der Waals surface area contributed by atoms with E-state index in [2.05, 4.69) is 12.2 Å². The lowest BCUT2D eigenvalue weighted by Crippen LogP contribution is -2.20. The van der Waals surface area contributed by atoms with E-state index in [9.17, 15) is 0 Å². The number of aliphatic hydroxyl groups excluding tert-OH is 1. The van der Waals surface area contributed by atoms with Crippen molar-refractivity contribution < 1.29 is 9.84 Å². The standard InChI is InChI=1S/C8H19NO2/c1-2-4-9-5-8-11-7-3-6-10/h9-10H,2-8H2,1H3. The van der Waals surface area contributed by atoms with Crippen molar-refractivity contribution in [3.8, 4) is 0 Å². The van der Waals surface area contributed by atoms with E-state index in [0.717, 1.165) is 32.5 Å². The maximum absolute atomic E-state index is 8.41. The van der Waals surface area contributed by atoms with Gasteiger partial charge in [-0.15, -0.1) is 0 Å². The first-order valence-electron chi connectivity index (χ1n) is 4.31. The second-order valence-electron chi connectivity index (χ2n) is 2.44. The molecule has 0 saturated heterocycles. The van der Waals surface area contributed by atoms with Gasteiger partial charge in [-0.25, -0.2) is 0 Å². The van der Waals surface area contributed by atoms with Gasteiger partial charge in [0.2, 0.25) is 0 Å². The normalized spacial score (nSPS) is 10.4. The highest BCUT2D eigenvalue weighted by molar-refractivity contribution is 4.43. The van der Waals surface area contributed by atoms with E-state index >= 15 is 0 Å². The lowest BCUT2D eigenvalue weighted by Gasteiger charge is -2.03. The molecule has 0 saturated carbocycles. The van der Waals surface area contributed by atoms with Gasteiger partial charge in [0.05, 0.1) is 6.61 Å². The summed E-state index contributed by atoms with van der Waals surface area (Å²) in [5.74, 6) is 0. The van der Waals surface area contributed by atoms with Crippen LogP contribution in [0.5, 0.6) is 0 Å². The molecule has 0 aromatic carbocycles. The maximum Gasteiger partial charge on any atom is 0.0590 e. The third-order valence-electron chi connectivity index (χ3n) is 1.30. The molecule has 0 spiro atoms. The number of rotatable bonds is 8. The van der Waals surface area contributed by atoms with E-state index in [1.165, 1.54) is 0 Å². The van der Waals surface area contributed by atoms with Gasteiger partial charge >= 0.3 is 0 Å². The molecule has 0 rings (SSSR count). The zero-order valence-electron chi connectivity index (χ0n) is 7.31. The molecular weight excluding hydrogens is 142 g/mol. The molecule has 0 aromatic heterocycles. The molecule has 11 heavy (non-hydrogen) atoms. The van der Waals surface area contributed by atoms with Gasteiger partial charge in [0, 0.05) is 19.8 Å². The lowest BCUT2D eigenvalue weighted by molar-refractivity contribution is 0.118. The van der Waals surface area contributed by atoms with E-state index in [4.69, 9.17) is 9.84 Å². The first-order valence-corrected chi connectivity index (χ1v) is 4.31. The van der Waals surface area contributed by atoms with Crippen LogP contribution in [0.2, 0.25) is 0 Å². The van der Waals surface area contributed by atoms with Crippen LogP contribution >= 0.6 is 0 Å². The van der Waals surface area contributed by atoms with Crippen LogP contribution in [0.4, 0.5) is 0 Å². The monoisotopic (exact) mass is 161 g/mol. The van der Waals surface area contributed by atoms with Gasteiger partial charge in [-0.3, -0.25) is 0 Å². The van der Waals surface area contributed by atoms with E-state index < -0.39 is 0 Å². The van der Waals surface area contributed by atoms with Crippen molar-refractivity contribution in [2.24, 2.45) is 0 Å². The summed E-state index contributed by atoms with van der Waals surface area (Å²) in [6.45, 7) is 5.76. The zero-order valence-corrected chi connectivity index (χ0v) is 7.31. The number of nitrogens with one attached hydrogen (secondary N) is 1. The molecule has 0 heterocycles. The molecule has 0 radical (unpaired) electrons. The fraction of sp³-hybridized carbons (Fsp3) is 1.00. The SMILES string of the molecule is CCCNCCOCCCO. The zero-order chi connectivity index (χ0) is 8.36. The maximum atomic E-state index is 8.41. The van der Waals surface area contributed by atoms with Gasteiger partial charge in [0.1, 0.15) is 0 Å². The largest absolute Gasteiger partial charge is 0.396 e. The van der Waals surface area contributed by atoms with Crippen LogP contribution < -0.4 is 5.32 Å². The first kappa shape index (κ1) is 10.9. The molecule has 3 nitrogen and oxygen atoms in total. The van der Waals surface area contributed by atoms with Crippen molar-refractivity contribution >= 4 is 0 Å². The molecule has 0 fully saturated rings. The molecular formula is C8H19NO2. The molecule has 0 aliphatic carbocycles. The fourth-order valence-corrected chi connectivity index (χ4v) is 0.715. The molecule has 0 aromatic rings. The first-order chi connectivity index (χ1) is 5.41. The van der Waals surface area contributed by atoms with Crippen molar-refractivity contribution in [1.29, 1.82) is 0 Å². The number of hydrogen-bond acceptors (Lipinski definition) is 3. The van der Waals surface area contributed by atoms with Gasteiger partial charge in [-0.05, 0) is 19.4 Å². The van der Waals surface area contributed by atoms with Crippen molar-refractivity contribution in [3.63, 3.8) is 0 Å². The van der Waals surface area contributed by atoms with Crippen LogP contribution in [0, 0.1) is 0 Å².